The molecule has 0 aromatic carbocycles. The molecule has 0 aliphatic rings. The van der Waals surface area contributed by atoms with Gasteiger partial charge in [0, 0.05) is 33.4 Å². The topological polar surface area (TPSA) is 84.9 Å². The van der Waals surface area contributed by atoms with Crippen molar-refractivity contribution in [3.05, 3.63) is 0 Å². The summed E-state index contributed by atoms with van der Waals surface area (Å²) in [5, 5.41) is 11.7. The molecule has 0 unspecified atom stereocenters. The van der Waals surface area contributed by atoms with E-state index in [4.69, 9.17) is 14.6 Å². The van der Waals surface area contributed by atoms with Gasteiger partial charge in [-0.25, -0.2) is 4.79 Å². The standard InChI is InChI=1S/C18H35NO5/c1-4-15(2)17(18(21)22)19-16(20)11-10-14-24-13-9-7-5-6-8-12-23-3/h15,17H,4-14H2,1-3H3,(H,19,20)(H,21,22)/t15-,17-/m0/s1. The summed E-state index contributed by atoms with van der Waals surface area (Å²) >= 11 is 0. The second kappa shape index (κ2) is 15.4. The summed E-state index contributed by atoms with van der Waals surface area (Å²) in [6, 6.07) is -0.804. The summed E-state index contributed by atoms with van der Waals surface area (Å²) in [7, 11) is 1.72. The van der Waals surface area contributed by atoms with E-state index < -0.39 is 12.0 Å². The number of carbonyl (C=O) groups excluding carboxylic acids is 1. The molecule has 6 nitrogen and oxygen atoms in total. The summed E-state index contributed by atoms with van der Waals surface area (Å²) < 4.78 is 10.5. The van der Waals surface area contributed by atoms with Gasteiger partial charge in [0.05, 0.1) is 0 Å². The molecule has 0 spiro atoms. The summed E-state index contributed by atoms with van der Waals surface area (Å²) in [6.45, 7) is 5.84. The van der Waals surface area contributed by atoms with E-state index in [-0.39, 0.29) is 11.8 Å². The highest BCUT2D eigenvalue weighted by molar-refractivity contribution is 5.83. The average molecular weight is 345 g/mol. The van der Waals surface area contributed by atoms with Crippen LogP contribution in [-0.2, 0) is 19.1 Å². The van der Waals surface area contributed by atoms with Gasteiger partial charge in [0.2, 0.25) is 5.91 Å². The van der Waals surface area contributed by atoms with Crippen LogP contribution < -0.4 is 5.32 Å². The average Bonchev–Trinajstić information content (AvgIpc) is 2.56. The van der Waals surface area contributed by atoms with Crippen LogP contribution in [0.25, 0.3) is 0 Å². The number of carboxylic acid groups (broad SMARTS) is 1. The van der Waals surface area contributed by atoms with Crippen molar-refractivity contribution < 1.29 is 24.2 Å². The molecule has 0 bridgehead atoms. The summed E-state index contributed by atoms with van der Waals surface area (Å²) in [5.41, 5.74) is 0. The molecule has 1 amide bonds. The molecule has 0 saturated heterocycles. The van der Waals surface area contributed by atoms with E-state index >= 15 is 0 Å². The minimum Gasteiger partial charge on any atom is -0.480 e. The predicted molar refractivity (Wildman–Crippen MR) is 94.0 cm³/mol. The smallest absolute Gasteiger partial charge is 0.326 e. The van der Waals surface area contributed by atoms with Gasteiger partial charge >= 0.3 is 5.97 Å². The van der Waals surface area contributed by atoms with Crippen LogP contribution in [0.2, 0.25) is 0 Å². The van der Waals surface area contributed by atoms with E-state index in [9.17, 15) is 9.59 Å². The molecule has 24 heavy (non-hydrogen) atoms. The van der Waals surface area contributed by atoms with Crippen molar-refractivity contribution >= 4 is 11.9 Å². The highest BCUT2D eigenvalue weighted by atomic mass is 16.5. The maximum atomic E-state index is 11.8. The maximum absolute atomic E-state index is 11.8. The van der Waals surface area contributed by atoms with Gasteiger partial charge in [-0.05, 0) is 25.2 Å². The van der Waals surface area contributed by atoms with E-state index in [0.717, 1.165) is 32.5 Å². The highest BCUT2D eigenvalue weighted by Crippen LogP contribution is 2.08. The lowest BCUT2D eigenvalue weighted by Gasteiger charge is -2.20. The number of hydrogen-bond donors (Lipinski definition) is 2. The van der Waals surface area contributed by atoms with Crippen LogP contribution in [0.4, 0.5) is 0 Å². The third-order valence-electron chi connectivity index (χ3n) is 4.13. The molecule has 0 heterocycles. The summed E-state index contributed by atoms with van der Waals surface area (Å²) in [5.74, 6) is -1.27. The third kappa shape index (κ3) is 12.3. The summed E-state index contributed by atoms with van der Waals surface area (Å²) in [6.07, 6.45) is 7.32. The number of hydrogen-bond acceptors (Lipinski definition) is 4. The van der Waals surface area contributed by atoms with Gasteiger partial charge in [0.25, 0.3) is 0 Å². The molecule has 6 heteroatoms. The van der Waals surface area contributed by atoms with Gasteiger partial charge < -0.3 is 19.9 Å². The van der Waals surface area contributed by atoms with Crippen molar-refractivity contribution in [3.63, 3.8) is 0 Å². The fraction of sp³-hybridized carbons (Fsp3) is 0.889. The Hall–Kier alpha value is -1.14. The van der Waals surface area contributed by atoms with Crippen molar-refractivity contribution in [1.29, 1.82) is 0 Å². The second-order valence-electron chi connectivity index (χ2n) is 6.25. The highest BCUT2D eigenvalue weighted by Gasteiger charge is 2.24. The molecule has 0 rings (SSSR count). The van der Waals surface area contributed by atoms with E-state index in [1.165, 1.54) is 12.8 Å². The zero-order valence-electron chi connectivity index (χ0n) is 15.5. The van der Waals surface area contributed by atoms with E-state index in [2.05, 4.69) is 5.32 Å². The Morgan fingerprint density at radius 2 is 1.58 bits per heavy atom. The van der Waals surface area contributed by atoms with Gasteiger partial charge in [-0.3, -0.25) is 4.79 Å². The molecule has 0 aliphatic carbocycles. The predicted octanol–water partition coefficient (Wildman–Crippen LogP) is 3.00. The Labute approximate surface area is 146 Å². The molecule has 2 atom stereocenters. The number of unbranched alkanes of at least 4 members (excludes halogenated alkanes) is 4. The van der Waals surface area contributed by atoms with Gasteiger partial charge in [-0.1, -0.05) is 39.5 Å². The zero-order chi connectivity index (χ0) is 18.2. The SMILES string of the molecule is CC[C@H](C)[C@H](NC(=O)CCCOCCCCCCCOC)C(=O)O. The minimum absolute atomic E-state index is 0.0772. The Kier molecular flexibility index (Phi) is 14.7. The van der Waals surface area contributed by atoms with Crippen molar-refractivity contribution in [2.75, 3.05) is 26.9 Å². The minimum atomic E-state index is -0.973. The largest absolute Gasteiger partial charge is 0.480 e. The van der Waals surface area contributed by atoms with Crippen molar-refractivity contribution in [2.45, 2.75) is 71.3 Å². The first kappa shape index (κ1) is 22.9. The molecule has 0 radical (unpaired) electrons. The Balaban J connectivity index is 3.56. The van der Waals surface area contributed by atoms with E-state index in [1.54, 1.807) is 7.11 Å². The van der Waals surface area contributed by atoms with Crippen LogP contribution in [0.5, 0.6) is 0 Å². The number of carbonyl (C=O) groups is 2. The zero-order valence-corrected chi connectivity index (χ0v) is 15.5. The first-order valence-electron chi connectivity index (χ1n) is 9.11. The first-order valence-corrected chi connectivity index (χ1v) is 9.11. The van der Waals surface area contributed by atoms with E-state index in [0.29, 0.717) is 25.9 Å². The molecule has 0 aromatic heterocycles. The van der Waals surface area contributed by atoms with Crippen LogP contribution in [0.3, 0.4) is 0 Å². The Morgan fingerprint density at radius 3 is 2.17 bits per heavy atom. The van der Waals surface area contributed by atoms with Crippen LogP contribution in [0.1, 0.15) is 65.2 Å². The van der Waals surface area contributed by atoms with Crippen molar-refractivity contribution in [3.8, 4) is 0 Å². The Morgan fingerprint density at radius 1 is 1.00 bits per heavy atom. The lowest BCUT2D eigenvalue weighted by molar-refractivity contribution is -0.143. The molecule has 0 saturated carbocycles. The van der Waals surface area contributed by atoms with Crippen LogP contribution >= 0.6 is 0 Å². The molecule has 142 valence electrons. The van der Waals surface area contributed by atoms with E-state index in [1.807, 2.05) is 13.8 Å². The maximum Gasteiger partial charge on any atom is 0.326 e. The molecular weight excluding hydrogens is 310 g/mol. The van der Waals surface area contributed by atoms with Crippen LogP contribution in [0, 0.1) is 5.92 Å². The number of ether oxygens (including phenoxy) is 2. The van der Waals surface area contributed by atoms with Gasteiger partial charge in [0.15, 0.2) is 0 Å². The number of aliphatic carboxylic acids is 1. The normalized spacial score (nSPS) is 13.5. The molecule has 0 aromatic rings. The number of methoxy groups -OCH3 is 1. The number of amides is 1. The lowest BCUT2D eigenvalue weighted by Crippen LogP contribution is -2.45. The van der Waals surface area contributed by atoms with Gasteiger partial charge in [-0.15, -0.1) is 0 Å². The molecule has 2 N–H and O–H groups in total. The lowest BCUT2D eigenvalue weighted by atomic mass is 9.99. The molecular formula is C18H35NO5. The second-order valence-corrected chi connectivity index (χ2v) is 6.25. The van der Waals surface area contributed by atoms with Gasteiger partial charge in [0.1, 0.15) is 6.04 Å². The van der Waals surface area contributed by atoms with Crippen LogP contribution in [0.15, 0.2) is 0 Å². The number of rotatable bonds is 16. The fourth-order valence-corrected chi connectivity index (χ4v) is 2.35. The monoisotopic (exact) mass is 345 g/mol. The van der Waals surface area contributed by atoms with Crippen molar-refractivity contribution in [1.82, 2.24) is 5.32 Å². The van der Waals surface area contributed by atoms with Gasteiger partial charge in [-0.2, -0.15) is 0 Å². The molecule has 0 fully saturated rings. The fourth-order valence-electron chi connectivity index (χ4n) is 2.35. The molecule has 0 aliphatic heterocycles. The van der Waals surface area contributed by atoms with Crippen molar-refractivity contribution in [2.24, 2.45) is 5.92 Å². The summed E-state index contributed by atoms with van der Waals surface area (Å²) in [4.78, 5) is 22.9. The Bertz CT molecular complexity index is 335. The van der Waals surface area contributed by atoms with Crippen LogP contribution in [-0.4, -0.2) is 50.0 Å². The third-order valence-corrected chi connectivity index (χ3v) is 4.13. The quantitative estimate of drug-likeness (QED) is 0.420. The number of carboxylic acids is 1. The number of nitrogens with one attached hydrogen (secondary N) is 1. The first-order chi connectivity index (χ1) is 11.5.